The van der Waals surface area contributed by atoms with Gasteiger partial charge >= 0.3 is 0 Å². The summed E-state index contributed by atoms with van der Waals surface area (Å²) in [6.07, 6.45) is 1.36. The number of nitrogens with two attached hydrogens (primary N) is 1. The fourth-order valence-electron chi connectivity index (χ4n) is 6.01. The summed E-state index contributed by atoms with van der Waals surface area (Å²) in [5, 5.41) is 44.9. The molecule has 4 atom stereocenters. The maximum Gasteiger partial charge on any atom is 0.255 e. The molecular formula is C25H34Cl2N4O7. The van der Waals surface area contributed by atoms with Crippen LogP contribution < -0.4 is 10.6 Å². The van der Waals surface area contributed by atoms with E-state index < -0.39 is 58.0 Å². The molecule has 0 aliphatic heterocycles. The van der Waals surface area contributed by atoms with E-state index in [-0.39, 0.29) is 54.5 Å². The number of hydrogen-bond donors (Lipinski definition) is 5. The summed E-state index contributed by atoms with van der Waals surface area (Å²) in [4.78, 5) is 46.9. The van der Waals surface area contributed by atoms with Crippen LogP contribution in [0, 0.1) is 11.8 Å². The van der Waals surface area contributed by atoms with Gasteiger partial charge in [0, 0.05) is 31.1 Å². The van der Waals surface area contributed by atoms with Crippen molar-refractivity contribution in [2.45, 2.75) is 44.2 Å². The Morgan fingerprint density at radius 1 is 1.13 bits per heavy atom. The van der Waals surface area contributed by atoms with Crippen LogP contribution >= 0.6 is 24.8 Å². The number of aliphatic hydroxyl groups is 3. The highest BCUT2D eigenvalue weighted by Crippen LogP contribution is 2.53. The molecule has 1 fully saturated rings. The number of halogens is 2. The number of fused-ring (bicyclic) bond motifs is 3. The fraction of sp³-hybridized carbons (Fsp3) is 0.520. The van der Waals surface area contributed by atoms with Gasteiger partial charge in [-0.25, -0.2) is 4.98 Å². The van der Waals surface area contributed by atoms with Crippen LogP contribution in [0.4, 0.5) is 5.82 Å². The normalized spacial score (nSPS) is 26.2. The van der Waals surface area contributed by atoms with Crippen molar-refractivity contribution in [2.75, 3.05) is 33.1 Å². The number of carbonyl (C=O) groups excluding carboxylic acids is 3. The molecule has 38 heavy (non-hydrogen) atoms. The van der Waals surface area contributed by atoms with Gasteiger partial charge in [-0.15, -0.1) is 24.8 Å². The third kappa shape index (κ3) is 4.21. The molecule has 1 saturated carbocycles. The number of nitrogens with zero attached hydrogens (tertiary/aromatic N) is 3. The maximum absolute atomic E-state index is 13.9. The Kier molecular flexibility index (Phi) is 8.85. The maximum atomic E-state index is 13.9. The van der Waals surface area contributed by atoms with Crippen LogP contribution in [0.5, 0.6) is 5.75 Å². The van der Waals surface area contributed by atoms with Gasteiger partial charge in [0.15, 0.2) is 11.4 Å². The van der Waals surface area contributed by atoms with E-state index in [0.29, 0.717) is 29.9 Å². The first kappa shape index (κ1) is 31.4. The molecule has 0 bridgehead atoms. The fourth-order valence-corrected chi connectivity index (χ4v) is 6.01. The smallest absolute Gasteiger partial charge is 0.255 e. The summed E-state index contributed by atoms with van der Waals surface area (Å²) in [6, 6.07) is -1.12. The van der Waals surface area contributed by atoms with E-state index in [9.17, 15) is 34.8 Å². The number of rotatable bonds is 5. The second-order valence-electron chi connectivity index (χ2n) is 10.2. The highest BCUT2D eigenvalue weighted by Gasteiger charge is 2.64. The van der Waals surface area contributed by atoms with Crippen molar-refractivity contribution in [3.8, 4) is 5.75 Å². The summed E-state index contributed by atoms with van der Waals surface area (Å²) in [6.45, 7) is 1.92. The molecule has 0 unspecified atom stereocenters. The zero-order valence-corrected chi connectivity index (χ0v) is 23.4. The summed E-state index contributed by atoms with van der Waals surface area (Å²) in [5.41, 5.74) is 2.66. The average molecular weight is 573 g/mol. The van der Waals surface area contributed by atoms with Crippen molar-refractivity contribution in [2.24, 2.45) is 17.6 Å². The van der Waals surface area contributed by atoms with Crippen molar-refractivity contribution in [3.05, 3.63) is 33.7 Å². The first-order chi connectivity index (χ1) is 16.8. The van der Waals surface area contributed by atoms with Gasteiger partial charge in [-0.2, -0.15) is 0 Å². The minimum absolute atomic E-state index is 0. The van der Waals surface area contributed by atoms with Crippen LogP contribution in [0.1, 0.15) is 36.6 Å². The molecule has 11 nitrogen and oxygen atoms in total. The Balaban J connectivity index is 0.00000253. The van der Waals surface area contributed by atoms with Crippen molar-refractivity contribution in [1.82, 2.24) is 9.88 Å². The quantitative estimate of drug-likeness (QED) is 0.322. The molecular weight excluding hydrogens is 539 g/mol. The summed E-state index contributed by atoms with van der Waals surface area (Å²) < 4.78 is 0. The number of primary amides is 1. The molecule has 210 valence electrons. The molecule has 1 heterocycles. The van der Waals surface area contributed by atoms with Gasteiger partial charge in [-0.05, 0) is 39.3 Å². The van der Waals surface area contributed by atoms with E-state index in [2.05, 4.69) is 4.98 Å². The lowest BCUT2D eigenvalue weighted by molar-refractivity contribution is -0.153. The van der Waals surface area contributed by atoms with Gasteiger partial charge in [0.1, 0.15) is 28.7 Å². The lowest BCUT2D eigenvalue weighted by atomic mass is 9.57. The van der Waals surface area contributed by atoms with Crippen molar-refractivity contribution in [3.63, 3.8) is 0 Å². The molecule has 1 aromatic rings. The summed E-state index contributed by atoms with van der Waals surface area (Å²) in [5.74, 6) is -6.13. The number of carbonyl (C=O) groups is 3. The molecule has 3 aliphatic rings. The van der Waals surface area contributed by atoms with Gasteiger partial charge in [-0.1, -0.05) is 13.3 Å². The average Bonchev–Trinajstić information content (AvgIpc) is 2.77. The number of ketones is 2. The van der Waals surface area contributed by atoms with Crippen LogP contribution in [0.25, 0.3) is 5.76 Å². The van der Waals surface area contributed by atoms with E-state index in [1.165, 1.54) is 4.90 Å². The first-order valence-corrected chi connectivity index (χ1v) is 11.9. The summed E-state index contributed by atoms with van der Waals surface area (Å²) >= 11 is 0. The molecule has 0 aromatic carbocycles. The summed E-state index contributed by atoms with van der Waals surface area (Å²) in [7, 11) is 6.70. The Bertz CT molecular complexity index is 1260. The Morgan fingerprint density at radius 2 is 1.74 bits per heavy atom. The lowest BCUT2D eigenvalue weighted by Gasteiger charge is -2.50. The van der Waals surface area contributed by atoms with Crippen molar-refractivity contribution in [1.29, 1.82) is 0 Å². The Hall–Kier alpha value is -2.86. The van der Waals surface area contributed by atoms with Crippen LogP contribution in [0.2, 0.25) is 0 Å². The van der Waals surface area contributed by atoms with Crippen molar-refractivity contribution >= 4 is 53.9 Å². The van der Waals surface area contributed by atoms with Crippen LogP contribution in [0.3, 0.4) is 0 Å². The molecule has 3 aliphatic carbocycles. The largest absolute Gasteiger partial charge is 0.508 e. The minimum Gasteiger partial charge on any atom is -0.508 e. The lowest BCUT2D eigenvalue weighted by Crippen LogP contribution is -2.65. The molecule has 1 amide bonds. The molecule has 6 N–H and O–H groups in total. The van der Waals surface area contributed by atoms with Crippen LogP contribution in [-0.4, -0.2) is 87.6 Å². The highest BCUT2D eigenvalue weighted by atomic mass is 35.5. The van der Waals surface area contributed by atoms with Crippen molar-refractivity contribution < 1.29 is 34.8 Å². The number of aromatic hydroxyl groups is 1. The predicted molar refractivity (Wildman–Crippen MR) is 145 cm³/mol. The molecule has 4 rings (SSSR count). The number of pyridine rings is 1. The third-order valence-electron chi connectivity index (χ3n) is 7.55. The van der Waals surface area contributed by atoms with E-state index >= 15 is 0 Å². The molecule has 0 saturated heterocycles. The number of hydrogen-bond acceptors (Lipinski definition) is 10. The zero-order valence-electron chi connectivity index (χ0n) is 21.8. The highest BCUT2D eigenvalue weighted by molar-refractivity contribution is 6.24. The van der Waals surface area contributed by atoms with Crippen LogP contribution in [-0.2, 0) is 27.2 Å². The number of anilines is 1. The van der Waals surface area contributed by atoms with E-state index in [1.807, 2.05) is 6.92 Å². The topological polar surface area (TPSA) is 178 Å². The standard InChI is InChI=1S/C25H32N4O7.2ClH/c1-6-7-13-18(30)15-11(24(27-13)29(4)5)8-10-9-12-17(28(2)3)20(32)16(23(26)35)22(34)25(12,36)21(33)14(10)19(15)31;;/h10,12,17,30-31,34,36H,6-9H2,1-5H3,(H2,26,35);2*1H/t10-,12-,17-,25-;;/m0../s1. The van der Waals surface area contributed by atoms with Gasteiger partial charge < -0.3 is 31.1 Å². The third-order valence-corrected chi connectivity index (χ3v) is 7.55. The van der Waals surface area contributed by atoms with E-state index in [0.717, 1.165) is 0 Å². The second-order valence-corrected chi connectivity index (χ2v) is 10.2. The van der Waals surface area contributed by atoms with Gasteiger partial charge in [-0.3, -0.25) is 19.3 Å². The first-order valence-electron chi connectivity index (χ1n) is 11.9. The number of aryl methyl sites for hydroxylation is 1. The van der Waals surface area contributed by atoms with E-state index in [1.54, 1.807) is 33.1 Å². The second kappa shape index (κ2) is 10.7. The minimum atomic E-state index is -2.65. The molecule has 13 heteroatoms. The van der Waals surface area contributed by atoms with Gasteiger partial charge in [0.25, 0.3) is 5.91 Å². The number of aliphatic hydroxyl groups excluding tert-OH is 2. The number of aromatic nitrogens is 1. The van der Waals surface area contributed by atoms with Crippen LogP contribution in [0.15, 0.2) is 16.9 Å². The molecule has 0 radical (unpaired) electrons. The molecule has 0 spiro atoms. The predicted octanol–water partition coefficient (Wildman–Crippen LogP) is 1.22. The number of likely N-dealkylation sites (N-methyl/N-ethyl adjacent to an activating group) is 1. The molecule has 1 aromatic heterocycles. The van der Waals surface area contributed by atoms with Gasteiger partial charge in [0.2, 0.25) is 5.78 Å². The number of amides is 1. The SMILES string of the molecule is CCCc1nc(N(C)C)c2c(c1O)C(O)=C1C(=O)[C@]3(O)C(O)=C(C(N)=O)C(=O)[C@@H](N(C)C)[C@@H]3C[C@@H]1C2.Cl.Cl. The Morgan fingerprint density at radius 3 is 2.24 bits per heavy atom. The zero-order chi connectivity index (χ0) is 26.9. The Labute approximate surface area is 232 Å². The number of Topliss-reactive ketones (excluding diaryl/α,β-unsaturated/α-hetero) is 2. The monoisotopic (exact) mass is 572 g/mol. The van der Waals surface area contributed by atoms with E-state index in [4.69, 9.17) is 5.73 Å². The van der Waals surface area contributed by atoms with Gasteiger partial charge in [0.05, 0.1) is 17.3 Å².